The molecule has 0 bridgehead atoms. The molecular weight excluding hydrogens is 421 g/mol. The molecule has 1 N–H and O–H groups in total. The second-order valence-corrected chi connectivity index (χ2v) is 8.18. The molecule has 3 rings (SSSR count). The van der Waals surface area contributed by atoms with Crippen LogP contribution in [0.3, 0.4) is 0 Å². The molecule has 0 aliphatic heterocycles. The largest absolute Gasteiger partial charge is 0.494 e. The number of benzene rings is 2. The summed E-state index contributed by atoms with van der Waals surface area (Å²) in [6, 6.07) is 13.2. The van der Waals surface area contributed by atoms with Crippen molar-refractivity contribution in [3.63, 3.8) is 0 Å². The lowest BCUT2D eigenvalue weighted by Crippen LogP contribution is -2.32. The summed E-state index contributed by atoms with van der Waals surface area (Å²) >= 11 is 5.87. The Morgan fingerprint density at radius 1 is 1.14 bits per heavy atom. The Morgan fingerprint density at radius 3 is 2.52 bits per heavy atom. The summed E-state index contributed by atoms with van der Waals surface area (Å²) in [5, 5.41) is 4.83. The fourth-order valence-electron chi connectivity index (χ4n) is 2.57. The summed E-state index contributed by atoms with van der Waals surface area (Å²) in [7, 11) is -2.68. The molecule has 29 heavy (non-hydrogen) atoms. The predicted octanol–water partition coefficient (Wildman–Crippen LogP) is 2.69. The summed E-state index contributed by atoms with van der Waals surface area (Å²) in [5.41, 5.74) is 0.927. The van der Waals surface area contributed by atoms with Crippen molar-refractivity contribution in [1.82, 2.24) is 14.5 Å². The minimum atomic E-state index is -3.96. The molecule has 10 heteroatoms. The Balaban J connectivity index is 1.73. The summed E-state index contributed by atoms with van der Waals surface area (Å²) < 4.78 is 46.7. The molecule has 0 unspecified atom stereocenters. The predicted molar refractivity (Wildman–Crippen MR) is 107 cm³/mol. The average Bonchev–Trinajstić information content (AvgIpc) is 2.70. The second kappa shape index (κ2) is 8.73. The topological polar surface area (TPSA) is 90.3 Å². The lowest BCUT2D eigenvalue weighted by molar-refractivity contribution is 0.385. The van der Waals surface area contributed by atoms with Crippen molar-refractivity contribution in [2.24, 2.45) is 0 Å². The van der Waals surface area contributed by atoms with Crippen molar-refractivity contribution in [2.75, 3.05) is 13.7 Å². The third kappa shape index (κ3) is 5.00. The lowest BCUT2D eigenvalue weighted by Gasteiger charge is -2.10. The van der Waals surface area contributed by atoms with Gasteiger partial charge in [-0.3, -0.25) is 4.79 Å². The van der Waals surface area contributed by atoms with Crippen LogP contribution in [0.1, 0.15) is 0 Å². The minimum Gasteiger partial charge on any atom is -0.494 e. The van der Waals surface area contributed by atoms with Crippen LogP contribution in [0.15, 0.2) is 64.3 Å². The normalized spacial score (nSPS) is 11.4. The van der Waals surface area contributed by atoms with E-state index in [-0.39, 0.29) is 29.3 Å². The van der Waals surface area contributed by atoms with Crippen LogP contribution in [0.5, 0.6) is 5.75 Å². The van der Waals surface area contributed by atoms with Gasteiger partial charge in [-0.15, -0.1) is 0 Å². The monoisotopic (exact) mass is 437 g/mol. The number of nitrogens with one attached hydrogen (secondary N) is 1. The summed E-state index contributed by atoms with van der Waals surface area (Å²) in [6.45, 7) is -0.106. The first-order valence-electron chi connectivity index (χ1n) is 8.47. The second-order valence-electron chi connectivity index (χ2n) is 5.98. The van der Waals surface area contributed by atoms with Gasteiger partial charge in [0.2, 0.25) is 10.0 Å². The number of sulfonamides is 1. The van der Waals surface area contributed by atoms with Crippen molar-refractivity contribution >= 4 is 21.6 Å². The van der Waals surface area contributed by atoms with E-state index in [1.807, 2.05) is 0 Å². The Labute approximate surface area is 171 Å². The molecule has 0 spiro atoms. The van der Waals surface area contributed by atoms with E-state index in [1.54, 1.807) is 30.3 Å². The zero-order chi connectivity index (χ0) is 21.0. The van der Waals surface area contributed by atoms with Gasteiger partial charge in [-0.1, -0.05) is 23.7 Å². The van der Waals surface area contributed by atoms with Gasteiger partial charge in [0.05, 0.1) is 24.2 Å². The van der Waals surface area contributed by atoms with Crippen molar-refractivity contribution in [1.29, 1.82) is 0 Å². The van der Waals surface area contributed by atoms with Crippen LogP contribution in [-0.2, 0) is 16.6 Å². The van der Waals surface area contributed by atoms with Crippen LogP contribution >= 0.6 is 11.6 Å². The van der Waals surface area contributed by atoms with E-state index < -0.39 is 15.8 Å². The molecule has 0 amide bonds. The van der Waals surface area contributed by atoms with Gasteiger partial charge in [-0.25, -0.2) is 22.2 Å². The summed E-state index contributed by atoms with van der Waals surface area (Å²) in [5.74, 6) is -0.845. The zero-order valence-electron chi connectivity index (χ0n) is 15.3. The van der Waals surface area contributed by atoms with Gasteiger partial charge in [0, 0.05) is 23.2 Å². The molecular formula is C19H17ClFN3O4S. The smallest absolute Gasteiger partial charge is 0.266 e. The fourth-order valence-corrected chi connectivity index (χ4v) is 3.73. The average molecular weight is 438 g/mol. The van der Waals surface area contributed by atoms with Crippen molar-refractivity contribution in [2.45, 2.75) is 11.4 Å². The van der Waals surface area contributed by atoms with Crippen LogP contribution in [0.2, 0.25) is 5.02 Å². The van der Waals surface area contributed by atoms with E-state index >= 15 is 0 Å². The van der Waals surface area contributed by atoms with Gasteiger partial charge in [0.1, 0.15) is 0 Å². The molecule has 7 nitrogen and oxygen atoms in total. The number of aromatic nitrogens is 2. The molecule has 1 aromatic heterocycles. The quantitative estimate of drug-likeness (QED) is 0.613. The maximum absolute atomic E-state index is 13.8. The van der Waals surface area contributed by atoms with Gasteiger partial charge in [-0.05, 0) is 36.4 Å². The highest BCUT2D eigenvalue weighted by Gasteiger charge is 2.16. The maximum Gasteiger partial charge on any atom is 0.266 e. The van der Waals surface area contributed by atoms with Gasteiger partial charge in [-0.2, -0.15) is 5.10 Å². The first-order valence-corrected chi connectivity index (χ1v) is 10.3. The van der Waals surface area contributed by atoms with E-state index in [0.29, 0.717) is 10.7 Å². The third-order valence-corrected chi connectivity index (χ3v) is 5.77. The SMILES string of the molecule is COc1ccc(S(=O)(=O)NCCn2nc(-c3ccc(Cl)cc3)ccc2=O)cc1F. The standard InChI is InChI=1S/C19H17ClFN3O4S/c1-28-18-8-6-15(12-16(18)21)29(26,27)22-10-11-24-19(25)9-7-17(23-24)13-2-4-14(20)5-3-13/h2-9,12,22H,10-11H2,1H3. The van der Waals surface area contributed by atoms with Crippen LogP contribution in [-0.4, -0.2) is 31.9 Å². The molecule has 0 atom stereocenters. The van der Waals surface area contributed by atoms with Crippen LogP contribution < -0.4 is 15.0 Å². The number of methoxy groups -OCH3 is 1. The Kier molecular flexibility index (Phi) is 6.31. The number of nitrogens with zero attached hydrogens (tertiary/aromatic N) is 2. The van der Waals surface area contributed by atoms with E-state index in [4.69, 9.17) is 16.3 Å². The van der Waals surface area contributed by atoms with E-state index in [9.17, 15) is 17.6 Å². The molecule has 1 heterocycles. The van der Waals surface area contributed by atoms with Crippen molar-refractivity contribution in [3.05, 3.63) is 75.8 Å². The number of halogens is 2. The molecule has 0 radical (unpaired) electrons. The highest BCUT2D eigenvalue weighted by molar-refractivity contribution is 7.89. The highest BCUT2D eigenvalue weighted by atomic mass is 35.5. The maximum atomic E-state index is 13.8. The van der Waals surface area contributed by atoms with Gasteiger partial charge >= 0.3 is 0 Å². The van der Waals surface area contributed by atoms with Gasteiger partial charge < -0.3 is 4.74 Å². The Hall–Kier alpha value is -2.75. The fraction of sp³-hybridized carbons (Fsp3) is 0.158. The number of hydrogen-bond donors (Lipinski definition) is 1. The van der Waals surface area contributed by atoms with Crippen LogP contribution in [0.25, 0.3) is 11.3 Å². The first kappa shape index (κ1) is 21.0. The summed E-state index contributed by atoms with van der Waals surface area (Å²) in [6.07, 6.45) is 0. The molecule has 2 aromatic carbocycles. The van der Waals surface area contributed by atoms with Gasteiger partial charge in [0.25, 0.3) is 5.56 Å². The van der Waals surface area contributed by atoms with E-state index in [2.05, 4.69) is 9.82 Å². The number of rotatable bonds is 7. The highest BCUT2D eigenvalue weighted by Crippen LogP contribution is 2.20. The third-order valence-electron chi connectivity index (χ3n) is 4.06. The number of ether oxygens (including phenoxy) is 1. The Morgan fingerprint density at radius 2 is 1.86 bits per heavy atom. The van der Waals surface area contributed by atoms with E-state index in [0.717, 1.165) is 16.3 Å². The van der Waals surface area contributed by atoms with Crippen molar-refractivity contribution in [3.8, 4) is 17.0 Å². The zero-order valence-corrected chi connectivity index (χ0v) is 16.9. The molecule has 0 aliphatic carbocycles. The molecule has 152 valence electrons. The first-order chi connectivity index (χ1) is 13.8. The van der Waals surface area contributed by atoms with E-state index in [1.165, 1.54) is 25.3 Å². The minimum absolute atomic E-state index is 0.00186. The lowest BCUT2D eigenvalue weighted by atomic mass is 10.1. The Bertz CT molecular complexity index is 1180. The van der Waals surface area contributed by atoms with Gasteiger partial charge in [0.15, 0.2) is 11.6 Å². The molecule has 3 aromatic rings. The molecule has 0 aliphatic rings. The number of hydrogen-bond acceptors (Lipinski definition) is 5. The van der Waals surface area contributed by atoms with Crippen molar-refractivity contribution < 1.29 is 17.5 Å². The molecule has 0 fully saturated rings. The van der Waals surface area contributed by atoms with Crippen LogP contribution in [0.4, 0.5) is 4.39 Å². The van der Waals surface area contributed by atoms with Crippen LogP contribution in [0, 0.1) is 5.82 Å². The summed E-state index contributed by atoms with van der Waals surface area (Å²) in [4.78, 5) is 11.8. The molecule has 0 saturated carbocycles. The molecule has 0 saturated heterocycles.